The molecule has 0 aliphatic heterocycles. The second-order valence-electron chi connectivity index (χ2n) is 4.24. The van der Waals surface area contributed by atoms with E-state index in [-0.39, 0.29) is 0 Å². The Bertz CT molecular complexity index is 154. The molecule has 1 N–H and O–H groups in total. The fourth-order valence-electron chi connectivity index (χ4n) is 1.43. The molecule has 12 heavy (non-hydrogen) atoms. The van der Waals surface area contributed by atoms with Crippen molar-refractivity contribution in [1.82, 2.24) is 5.32 Å². The molecule has 1 heteroatoms. The summed E-state index contributed by atoms with van der Waals surface area (Å²) in [5, 5.41) is 3.43. The van der Waals surface area contributed by atoms with E-state index in [1.165, 1.54) is 24.8 Å². The average Bonchev–Trinajstić information content (AvgIpc) is 1.93. The lowest BCUT2D eigenvalue weighted by Gasteiger charge is -2.22. The van der Waals surface area contributed by atoms with Crippen LogP contribution in [0.3, 0.4) is 0 Å². The first-order valence-corrected chi connectivity index (χ1v) is 5.09. The third-order valence-corrected chi connectivity index (χ3v) is 2.46. The van der Waals surface area contributed by atoms with Crippen molar-refractivity contribution in [1.29, 1.82) is 0 Å². The van der Waals surface area contributed by atoms with Crippen molar-refractivity contribution in [3.8, 4) is 0 Å². The summed E-state index contributed by atoms with van der Waals surface area (Å²) < 4.78 is 0. The molecule has 0 radical (unpaired) electrons. The van der Waals surface area contributed by atoms with Crippen LogP contribution in [0, 0.1) is 5.92 Å². The van der Waals surface area contributed by atoms with Gasteiger partial charge in [-0.25, -0.2) is 0 Å². The molecular formula is C11H21N. The van der Waals surface area contributed by atoms with Gasteiger partial charge in [-0.2, -0.15) is 0 Å². The second-order valence-corrected chi connectivity index (χ2v) is 4.24. The van der Waals surface area contributed by atoms with E-state index in [1.54, 1.807) is 0 Å². The number of rotatable bonds is 4. The Morgan fingerprint density at radius 1 is 1.50 bits per heavy atom. The second kappa shape index (κ2) is 4.66. The highest BCUT2D eigenvalue weighted by molar-refractivity contribution is 5.05. The number of hydrogen-bond donors (Lipinski definition) is 1. The minimum atomic E-state index is 0.606. The van der Waals surface area contributed by atoms with E-state index in [0.29, 0.717) is 6.04 Å². The van der Waals surface area contributed by atoms with Crippen LogP contribution >= 0.6 is 0 Å². The molecule has 0 bridgehead atoms. The van der Waals surface area contributed by atoms with E-state index in [1.807, 2.05) is 0 Å². The lowest BCUT2D eigenvalue weighted by atomic mass is 9.84. The number of nitrogens with one attached hydrogen (secondary N) is 1. The van der Waals surface area contributed by atoms with E-state index in [0.717, 1.165) is 12.5 Å². The molecule has 1 aliphatic rings. The molecule has 0 atom stereocenters. The highest BCUT2D eigenvalue weighted by Gasteiger charge is 2.14. The monoisotopic (exact) mass is 167 g/mol. The predicted octanol–water partition coefficient (Wildman–Crippen LogP) is 2.73. The molecule has 1 rings (SSSR count). The van der Waals surface area contributed by atoms with Gasteiger partial charge in [-0.15, -0.1) is 0 Å². The van der Waals surface area contributed by atoms with Crippen molar-refractivity contribution in [2.45, 2.75) is 46.1 Å². The summed E-state index contributed by atoms with van der Waals surface area (Å²) in [6.45, 7) is 7.68. The minimum absolute atomic E-state index is 0.606. The smallest absolute Gasteiger partial charge is 0.0164 e. The van der Waals surface area contributed by atoms with Crippen molar-refractivity contribution in [2.24, 2.45) is 5.92 Å². The predicted molar refractivity (Wildman–Crippen MR) is 54.2 cm³/mol. The Morgan fingerprint density at radius 3 is 2.58 bits per heavy atom. The normalized spacial score (nSPS) is 19.8. The maximum absolute atomic E-state index is 3.43. The van der Waals surface area contributed by atoms with E-state index in [2.05, 4.69) is 32.2 Å². The number of hydrogen-bond acceptors (Lipinski definition) is 1. The zero-order valence-electron chi connectivity index (χ0n) is 8.56. The SMILES string of the molecule is CC(=CC1CCC1)CNC(C)C. The molecule has 0 spiro atoms. The molecule has 0 aromatic heterocycles. The first-order chi connectivity index (χ1) is 5.68. The van der Waals surface area contributed by atoms with Crippen molar-refractivity contribution < 1.29 is 0 Å². The van der Waals surface area contributed by atoms with Crippen LogP contribution in [0.4, 0.5) is 0 Å². The van der Waals surface area contributed by atoms with Crippen molar-refractivity contribution in [3.05, 3.63) is 11.6 Å². The Kier molecular flexibility index (Phi) is 3.80. The molecule has 0 unspecified atom stereocenters. The first kappa shape index (κ1) is 9.79. The van der Waals surface area contributed by atoms with Gasteiger partial charge < -0.3 is 5.32 Å². The van der Waals surface area contributed by atoms with Gasteiger partial charge in [0.1, 0.15) is 0 Å². The molecule has 70 valence electrons. The van der Waals surface area contributed by atoms with E-state index >= 15 is 0 Å². The molecule has 0 heterocycles. The Morgan fingerprint density at radius 2 is 2.17 bits per heavy atom. The maximum atomic E-state index is 3.43. The molecule has 1 saturated carbocycles. The quantitative estimate of drug-likeness (QED) is 0.635. The summed E-state index contributed by atoms with van der Waals surface area (Å²) in [6, 6.07) is 0.606. The Labute approximate surface area is 76.2 Å². The fourth-order valence-corrected chi connectivity index (χ4v) is 1.43. The molecule has 1 nitrogen and oxygen atoms in total. The molecule has 1 fully saturated rings. The molecular weight excluding hydrogens is 146 g/mol. The van der Waals surface area contributed by atoms with Gasteiger partial charge in [-0.05, 0) is 25.7 Å². The number of allylic oxidation sites excluding steroid dienone is 1. The van der Waals surface area contributed by atoms with Crippen LogP contribution < -0.4 is 5.32 Å². The lowest BCUT2D eigenvalue weighted by molar-refractivity contribution is 0.385. The van der Waals surface area contributed by atoms with Crippen LogP contribution in [0.25, 0.3) is 0 Å². The largest absolute Gasteiger partial charge is 0.311 e. The fraction of sp³-hybridized carbons (Fsp3) is 0.818. The maximum Gasteiger partial charge on any atom is 0.0164 e. The van der Waals surface area contributed by atoms with Gasteiger partial charge in [-0.1, -0.05) is 31.9 Å². The summed E-state index contributed by atoms with van der Waals surface area (Å²) in [7, 11) is 0. The summed E-state index contributed by atoms with van der Waals surface area (Å²) in [4.78, 5) is 0. The van der Waals surface area contributed by atoms with E-state index in [4.69, 9.17) is 0 Å². The Hall–Kier alpha value is -0.300. The third-order valence-electron chi connectivity index (χ3n) is 2.46. The van der Waals surface area contributed by atoms with Crippen LogP contribution in [0.2, 0.25) is 0 Å². The zero-order chi connectivity index (χ0) is 8.97. The van der Waals surface area contributed by atoms with Gasteiger partial charge in [0, 0.05) is 12.6 Å². The highest BCUT2D eigenvalue weighted by Crippen LogP contribution is 2.28. The minimum Gasteiger partial charge on any atom is -0.311 e. The first-order valence-electron chi connectivity index (χ1n) is 5.09. The highest BCUT2D eigenvalue weighted by atomic mass is 14.9. The summed E-state index contributed by atoms with van der Waals surface area (Å²) in [6.07, 6.45) is 6.71. The van der Waals surface area contributed by atoms with Crippen molar-refractivity contribution >= 4 is 0 Å². The summed E-state index contributed by atoms with van der Waals surface area (Å²) in [5.74, 6) is 0.902. The molecule has 1 aliphatic carbocycles. The van der Waals surface area contributed by atoms with Crippen LogP contribution in [0.5, 0.6) is 0 Å². The standard InChI is InChI=1S/C11H21N/c1-9(2)12-8-10(3)7-11-5-4-6-11/h7,9,11-12H,4-6,8H2,1-3H3. The topological polar surface area (TPSA) is 12.0 Å². The van der Waals surface area contributed by atoms with Gasteiger partial charge in [0.15, 0.2) is 0 Å². The van der Waals surface area contributed by atoms with Gasteiger partial charge in [-0.3, -0.25) is 0 Å². The molecule has 0 aromatic carbocycles. The lowest BCUT2D eigenvalue weighted by Crippen LogP contribution is -2.24. The molecule has 0 aromatic rings. The van der Waals surface area contributed by atoms with E-state index in [9.17, 15) is 0 Å². The Balaban J connectivity index is 2.16. The van der Waals surface area contributed by atoms with Crippen molar-refractivity contribution in [3.63, 3.8) is 0 Å². The van der Waals surface area contributed by atoms with Crippen LogP contribution in [-0.2, 0) is 0 Å². The molecule has 0 amide bonds. The van der Waals surface area contributed by atoms with Crippen LogP contribution in [0.15, 0.2) is 11.6 Å². The van der Waals surface area contributed by atoms with E-state index < -0.39 is 0 Å². The zero-order valence-corrected chi connectivity index (χ0v) is 8.56. The van der Waals surface area contributed by atoms with Gasteiger partial charge in [0.25, 0.3) is 0 Å². The van der Waals surface area contributed by atoms with Gasteiger partial charge in [0.2, 0.25) is 0 Å². The summed E-state index contributed by atoms with van der Waals surface area (Å²) in [5.41, 5.74) is 1.51. The van der Waals surface area contributed by atoms with Gasteiger partial charge >= 0.3 is 0 Å². The van der Waals surface area contributed by atoms with Crippen LogP contribution in [0.1, 0.15) is 40.0 Å². The third kappa shape index (κ3) is 3.40. The average molecular weight is 167 g/mol. The summed E-state index contributed by atoms with van der Waals surface area (Å²) >= 11 is 0. The van der Waals surface area contributed by atoms with Crippen molar-refractivity contribution in [2.75, 3.05) is 6.54 Å². The van der Waals surface area contributed by atoms with Gasteiger partial charge in [0.05, 0.1) is 0 Å². The van der Waals surface area contributed by atoms with Crippen LogP contribution in [-0.4, -0.2) is 12.6 Å². The molecule has 0 saturated heterocycles.